The first kappa shape index (κ1) is 13.8. The number of nitrogens with zero attached hydrogens (tertiary/aromatic N) is 1. The summed E-state index contributed by atoms with van der Waals surface area (Å²) >= 11 is 0. The number of hydrogen-bond acceptors (Lipinski definition) is 4. The van der Waals surface area contributed by atoms with Crippen LogP contribution in [0.25, 0.3) is 0 Å². The first-order valence-electron chi connectivity index (χ1n) is 6.38. The summed E-state index contributed by atoms with van der Waals surface area (Å²) in [5.74, 6) is -0.237. The second-order valence-electron chi connectivity index (χ2n) is 5.31. The molecule has 2 unspecified atom stereocenters. The highest BCUT2D eigenvalue weighted by molar-refractivity contribution is 7.86. The Morgan fingerprint density at radius 3 is 2.28 bits per heavy atom. The molecule has 0 radical (unpaired) electrons. The summed E-state index contributed by atoms with van der Waals surface area (Å²) in [6, 6.07) is 0.170. The topological polar surface area (TPSA) is 101 Å². The van der Waals surface area contributed by atoms with E-state index < -0.39 is 15.4 Å². The number of piperidine rings is 1. The Bertz CT molecular complexity index is 415. The van der Waals surface area contributed by atoms with Gasteiger partial charge >= 0.3 is 0 Å². The molecule has 2 fully saturated rings. The maximum absolute atomic E-state index is 12.2. The van der Waals surface area contributed by atoms with E-state index in [0.29, 0.717) is 25.9 Å². The Labute approximate surface area is 107 Å². The van der Waals surface area contributed by atoms with Gasteiger partial charge in [0.1, 0.15) is 0 Å². The van der Waals surface area contributed by atoms with Gasteiger partial charge in [0, 0.05) is 25.0 Å². The van der Waals surface area contributed by atoms with Crippen LogP contribution in [0.3, 0.4) is 0 Å². The molecule has 1 aliphatic heterocycles. The zero-order valence-corrected chi connectivity index (χ0v) is 11.1. The fourth-order valence-electron chi connectivity index (χ4n) is 2.81. The number of hydrogen-bond donors (Lipinski definition) is 2. The van der Waals surface area contributed by atoms with E-state index in [4.69, 9.17) is 10.3 Å². The van der Waals surface area contributed by atoms with Crippen molar-refractivity contribution in [3.05, 3.63) is 0 Å². The Kier molecular flexibility index (Phi) is 3.93. The van der Waals surface area contributed by atoms with Gasteiger partial charge < -0.3 is 10.6 Å². The van der Waals surface area contributed by atoms with E-state index in [-0.39, 0.29) is 24.3 Å². The molecule has 0 aromatic rings. The molecule has 2 aliphatic rings. The number of likely N-dealkylation sites (tertiary alicyclic amines) is 1. The minimum Gasteiger partial charge on any atom is -0.342 e. The van der Waals surface area contributed by atoms with Gasteiger partial charge in [-0.2, -0.15) is 8.42 Å². The second kappa shape index (κ2) is 5.14. The highest BCUT2D eigenvalue weighted by Crippen LogP contribution is 2.31. The molecule has 0 aromatic heterocycles. The maximum Gasteiger partial charge on any atom is 0.267 e. The van der Waals surface area contributed by atoms with Gasteiger partial charge in [-0.3, -0.25) is 9.35 Å². The van der Waals surface area contributed by atoms with Crippen LogP contribution in [0.2, 0.25) is 0 Å². The van der Waals surface area contributed by atoms with Gasteiger partial charge in [0.25, 0.3) is 10.1 Å². The third-order valence-electron chi connectivity index (χ3n) is 4.01. The normalized spacial score (nSPS) is 30.7. The molecule has 18 heavy (non-hydrogen) atoms. The van der Waals surface area contributed by atoms with Crippen molar-refractivity contribution in [2.24, 2.45) is 11.7 Å². The largest absolute Gasteiger partial charge is 0.342 e. The molecule has 1 saturated heterocycles. The standard InChI is InChI=1S/C11H20N2O4S/c12-9-3-5-13(6-4-9)11(14)8-1-2-10(7-8)18(15,16)17/h8-10H,1-7,12H2,(H,15,16,17). The lowest BCUT2D eigenvalue weighted by molar-refractivity contribution is -0.136. The Morgan fingerprint density at radius 1 is 1.17 bits per heavy atom. The SMILES string of the molecule is NC1CCN(C(=O)C2CCC(S(=O)(=O)O)C2)CC1. The smallest absolute Gasteiger partial charge is 0.267 e. The molecule has 0 spiro atoms. The van der Waals surface area contributed by atoms with Crippen LogP contribution in [0, 0.1) is 5.92 Å². The molecule has 1 saturated carbocycles. The van der Waals surface area contributed by atoms with Gasteiger partial charge in [0.05, 0.1) is 5.25 Å². The number of amides is 1. The lowest BCUT2D eigenvalue weighted by Crippen LogP contribution is -2.45. The van der Waals surface area contributed by atoms with E-state index in [1.807, 2.05) is 0 Å². The van der Waals surface area contributed by atoms with Gasteiger partial charge in [-0.25, -0.2) is 0 Å². The lowest BCUT2D eigenvalue weighted by Gasteiger charge is -2.32. The van der Waals surface area contributed by atoms with Crippen LogP contribution < -0.4 is 5.73 Å². The van der Waals surface area contributed by atoms with Crippen LogP contribution in [0.1, 0.15) is 32.1 Å². The number of carbonyl (C=O) groups is 1. The van der Waals surface area contributed by atoms with Crippen molar-refractivity contribution in [1.82, 2.24) is 4.90 Å². The van der Waals surface area contributed by atoms with Crippen LogP contribution in [0.4, 0.5) is 0 Å². The van der Waals surface area contributed by atoms with Crippen LogP contribution in [0.15, 0.2) is 0 Å². The van der Waals surface area contributed by atoms with Gasteiger partial charge in [0.2, 0.25) is 5.91 Å². The van der Waals surface area contributed by atoms with Crippen molar-refractivity contribution in [1.29, 1.82) is 0 Å². The number of nitrogens with two attached hydrogens (primary N) is 1. The minimum atomic E-state index is -4.00. The van der Waals surface area contributed by atoms with Crippen LogP contribution in [0.5, 0.6) is 0 Å². The zero-order valence-electron chi connectivity index (χ0n) is 10.3. The molecule has 1 amide bonds. The van der Waals surface area contributed by atoms with E-state index in [1.165, 1.54) is 0 Å². The number of carbonyl (C=O) groups excluding carboxylic acids is 1. The average Bonchev–Trinajstić information content (AvgIpc) is 2.78. The second-order valence-corrected chi connectivity index (χ2v) is 7.01. The summed E-state index contributed by atoms with van der Waals surface area (Å²) in [7, 11) is -4.00. The molecule has 1 heterocycles. The quantitative estimate of drug-likeness (QED) is 0.691. The lowest BCUT2D eigenvalue weighted by atomic mass is 10.0. The highest BCUT2D eigenvalue weighted by Gasteiger charge is 2.38. The van der Waals surface area contributed by atoms with E-state index in [2.05, 4.69) is 0 Å². The third kappa shape index (κ3) is 3.02. The molecule has 6 nitrogen and oxygen atoms in total. The molecule has 0 aromatic carbocycles. The molecular formula is C11H20N2O4S. The van der Waals surface area contributed by atoms with Crippen molar-refractivity contribution in [3.8, 4) is 0 Å². The predicted molar refractivity (Wildman–Crippen MR) is 66.5 cm³/mol. The van der Waals surface area contributed by atoms with Crippen molar-refractivity contribution >= 4 is 16.0 Å². The molecule has 104 valence electrons. The molecule has 2 atom stereocenters. The fourth-order valence-corrected chi connectivity index (χ4v) is 3.72. The summed E-state index contributed by atoms with van der Waals surface area (Å²) in [4.78, 5) is 14.0. The monoisotopic (exact) mass is 276 g/mol. The molecule has 7 heteroatoms. The van der Waals surface area contributed by atoms with Crippen molar-refractivity contribution in [2.75, 3.05) is 13.1 Å². The van der Waals surface area contributed by atoms with Crippen LogP contribution in [-0.2, 0) is 14.9 Å². The first-order valence-corrected chi connectivity index (χ1v) is 7.89. The molecule has 3 N–H and O–H groups in total. The zero-order chi connectivity index (χ0) is 13.3. The Morgan fingerprint density at radius 2 is 1.78 bits per heavy atom. The predicted octanol–water partition coefficient (Wildman–Crippen LogP) is -0.00740. The van der Waals surface area contributed by atoms with Gasteiger partial charge in [-0.1, -0.05) is 0 Å². The summed E-state index contributed by atoms with van der Waals surface area (Å²) in [5.41, 5.74) is 5.78. The Hall–Kier alpha value is -0.660. The van der Waals surface area contributed by atoms with Crippen molar-refractivity contribution in [2.45, 2.75) is 43.4 Å². The highest BCUT2D eigenvalue weighted by atomic mass is 32.2. The summed E-state index contributed by atoms with van der Waals surface area (Å²) < 4.78 is 31.1. The average molecular weight is 276 g/mol. The fraction of sp³-hybridized carbons (Fsp3) is 0.909. The van der Waals surface area contributed by atoms with E-state index in [0.717, 1.165) is 12.8 Å². The Balaban J connectivity index is 1.91. The minimum absolute atomic E-state index is 0.0213. The van der Waals surface area contributed by atoms with Crippen molar-refractivity contribution in [3.63, 3.8) is 0 Å². The van der Waals surface area contributed by atoms with Gasteiger partial charge in [-0.15, -0.1) is 0 Å². The summed E-state index contributed by atoms with van der Waals surface area (Å²) in [5, 5.41) is -0.765. The van der Waals surface area contributed by atoms with E-state index in [9.17, 15) is 13.2 Å². The molecule has 2 rings (SSSR count). The van der Waals surface area contributed by atoms with Crippen molar-refractivity contribution < 1.29 is 17.8 Å². The van der Waals surface area contributed by atoms with E-state index in [1.54, 1.807) is 4.90 Å². The van der Waals surface area contributed by atoms with Gasteiger partial charge in [0.15, 0.2) is 0 Å². The number of rotatable bonds is 2. The van der Waals surface area contributed by atoms with Crippen LogP contribution in [-0.4, -0.2) is 48.2 Å². The van der Waals surface area contributed by atoms with Gasteiger partial charge in [-0.05, 0) is 32.1 Å². The molecule has 1 aliphatic carbocycles. The first-order chi connectivity index (χ1) is 8.38. The summed E-state index contributed by atoms with van der Waals surface area (Å²) in [6.07, 6.45) is 2.79. The van der Waals surface area contributed by atoms with E-state index >= 15 is 0 Å². The third-order valence-corrected chi connectivity index (χ3v) is 5.28. The molecular weight excluding hydrogens is 256 g/mol. The molecule has 0 bridgehead atoms. The maximum atomic E-state index is 12.2. The summed E-state index contributed by atoms with van der Waals surface area (Å²) in [6.45, 7) is 1.32. The van der Waals surface area contributed by atoms with Crippen LogP contribution >= 0.6 is 0 Å².